The summed E-state index contributed by atoms with van der Waals surface area (Å²) in [5.41, 5.74) is 0.759. The van der Waals surface area contributed by atoms with Crippen LogP contribution in [0.15, 0.2) is 48.5 Å². The molecular formula is C23H23F3N4O2. The summed E-state index contributed by atoms with van der Waals surface area (Å²) in [5.74, 6) is -0.530. The Morgan fingerprint density at radius 2 is 1.75 bits per heavy atom. The van der Waals surface area contributed by atoms with Crippen molar-refractivity contribution in [1.82, 2.24) is 15.3 Å². The van der Waals surface area contributed by atoms with E-state index in [2.05, 4.69) is 20.6 Å². The number of carbonyl (C=O) groups excluding carboxylic acids is 1. The Labute approximate surface area is 183 Å². The van der Waals surface area contributed by atoms with E-state index < -0.39 is 12.0 Å². The maximum Gasteiger partial charge on any atom is 0.451 e. The number of nitrogens with one attached hydrogen (secondary N) is 2. The lowest BCUT2D eigenvalue weighted by molar-refractivity contribution is -0.144. The smallest absolute Gasteiger partial charge is 0.451 e. The highest BCUT2D eigenvalue weighted by atomic mass is 19.4. The molecule has 4 rings (SSSR count). The van der Waals surface area contributed by atoms with Crippen LogP contribution in [0.1, 0.15) is 41.9 Å². The average molecular weight is 444 g/mol. The SMILES string of the molecule is COc1ccc(C(=O)N[C@@H]2CCC[C@H](Nc3nc(C(F)(F)F)nc4ccccc34)C2)cc1. The van der Waals surface area contributed by atoms with E-state index in [0.717, 1.165) is 19.3 Å². The molecule has 2 aromatic carbocycles. The van der Waals surface area contributed by atoms with Gasteiger partial charge in [0.1, 0.15) is 11.6 Å². The normalized spacial score (nSPS) is 18.9. The van der Waals surface area contributed by atoms with Gasteiger partial charge < -0.3 is 15.4 Å². The van der Waals surface area contributed by atoms with Crippen molar-refractivity contribution >= 4 is 22.6 Å². The lowest BCUT2D eigenvalue weighted by Crippen LogP contribution is -2.42. The number of ether oxygens (including phenoxy) is 1. The molecule has 0 spiro atoms. The zero-order chi connectivity index (χ0) is 22.7. The third kappa shape index (κ3) is 4.92. The number of hydrogen-bond donors (Lipinski definition) is 2. The minimum Gasteiger partial charge on any atom is -0.497 e. The Morgan fingerprint density at radius 1 is 1.03 bits per heavy atom. The van der Waals surface area contributed by atoms with Crippen molar-refractivity contribution in [1.29, 1.82) is 0 Å². The summed E-state index contributed by atoms with van der Waals surface area (Å²) in [7, 11) is 1.56. The number of aromatic nitrogens is 2. The molecule has 3 aromatic rings. The summed E-state index contributed by atoms with van der Waals surface area (Å²) in [6.45, 7) is 0. The van der Waals surface area contributed by atoms with E-state index in [1.54, 1.807) is 49.6 Å². The molecule has 2 atom stereocenters. The Morgan fingerprint density at radius 3 is 2.47 bits per heavy atom. The lowest BCUT2D eigenvalue weighted by Gasteiger charge is -2.31. The van der Waals surface area contributed by atoms with Crippen LogP contribution in [-0.4, -0.2) is 35.1 Å². The molecule has 0 aliphatic heterocycles. The monoisotopic (exact) mass is 444 g/mol. The number of methoxy groups -OCH3 is 1. The van der Waals surface area contributed by atoms with Gasteiger partial charge in [-0.25, -0.2) is 9.97 Å². The van der Waals surface area contributed by atoms with Crippen LogP contribution in [0.5, 0.6) is 5.75 Å². The van der Waals surface area contributed by atoms with Crippen LogP contribution in [0.4, 0.5) is 19.0 Å². The first kappa shape index (κ1) is 21.9. The number of rotatable bonds is 5. The van der Waals surface area contributed by atoms with Crippen LogP contribution < -0.4 is 15.4 Å². The van der Waals surface area contributed by atoms with Gasteiger partial charge in [-0.3, -0.25) is 4.79 Å². The number of para-hydroxylation sites is 1. The van der Waals surface area contributed by atoms with Crippen molar-refractivity contribution in [3.63, 3.8) is 0 Å². The fraction of sp³-hybridized carbons (Fsp3) is 0.348. The summed E-state index contributed by atoms with van der Waals surface area (Å²) in [6, 6.07) is 13.2. The van der Waals surface area contributed by atoms with Crippen LogP contribution >= 0.6 is 0 Å². The first-order valence-electron chi connectivity index (χ1n) is 10.4. The zero-order valence-electron chi connectivity index (χ0n) is 17.4. The predicted octanol–water partition coefficient (Wildman–Crippen LogP) is 4.81. The van der Waals surface area contributed by atoms with Crippen LogP contribution in [-0.2, 0) is 6.18 Å². The molecule has 1 saturated carbocycles. The van der Waals surface area contributed by atoms with Crippen LogP contribution in [0.3, 0.4) is 0 Å². The molecule has 1 aliphatic carbocycles. The van der Waals surface area contributed by atoms with Crippen molar-refractivity contribution < 1.29 is 22.7 Å². The molecule has 9 heteroatoms. The topological polar surface area (TPSA) is 76.1 Å². The van der Waals surface area contributed by atoms with Gasteiger partial charge in [0, 0.05) is 23.0 Å². The molecule has 1 amide bonds. The highest BCUT2D eigenvalue weighted by Gasteiger charge is 2.36. The quantitative estimate of drug-likeness (QED) is 0.591. The fourth-order valence-corrected chi connectivity index (χ4v) is 3.97. The van der Waals surface area contributed by atoms with Gasteiger partial charge in [0.2, 0.25) is 5.82 Å². The molecule has 0 unspecified atom stereocenters. The molecule has 0 radical (unpaired) electrons. The van der Waals surface area contributed by atoms with Crippen LogP contribution in [0.2, 0.25) is 0 Å². The molecule has 1 fully saturated rings. The van der Waals surface area contributed by atoms with Gasteiger partial charge in [0.25, 0.3) is 5.91 Å². The highest BCUT2D eigenvalue weighted by molar-refractivity contribution is 5.94. The van der Waals surface area contributed by atoms with Crippen molar-refractivity contribution in [2.75, 3.05) is 12.4 Å². The van der Waals surface area contributed by atoms with E-state index in [4.69, 9.17) is 4.74 Å². The summed E-state index contributed by atoms with van der Waals surface area (Å²) in [6.07, 6.45) is -1.64. The van der Waals surface area contributed by atoms with Crippen molar-refractivity contribution in [3.05, 3.63) is 59.9 Å². The number of benzene rings is 2. The largest absolute Gasteiger partial charge is 0.497 e. The number of alkyl halides is 3. The molecule has 32 heavy (non-hydrogen) atoms. The van der Waals surface area contributed by atoms with Gasteiger partial charge in [-0.1, -0.05) is 12.1 Å². The first-order chi connectivity index (χ1) is 15.3. The van der Waals surface area contributed by atoms with Crippen LogP contribution in [0.25, 0.3) is 10.9 Å². The Balaban J connectivity index is 1.48. The van der Waals surface area contributed by atoms with Gasteiger partial charge in [-0.2, -0.15) is 13.2 Å². The molecule has 6 nitrogen and oxygen atoms in total. The summed E-state index contributed by atoms with van der Waals surface area (Å²) in [5, 5.41) is 6.74. The Hall–Kier alpha value is -3.36. The fourth-order valence-electron chi connectivity index (χ4n) is 3.97. The van der Waals surface area contributed by atoms with Crippen molar-refractivity contribution in [2.45, 2.75) is 43.9 Å². The van der Waals surface area contributed by atoms with E-state index in [9.17, 15) is 18.0 Å². The second kappa shape index (κ2) is 9.02. The van der Waals surface area contributed by atoms with Gasteiger partial charge in [-0.15, -0.1) is 0 Å². The molecule has 1 aromatic heterocycles. The molecular weight excluding hydrogens is 421 g/mol. The molecule has 1 aliphatic rings. The Kier molecular flexibility index (Phi) is 6.16. The number of fused-ring (bicyclic) bond motifs is 1. The molecule has 0 saturated heterocycles. The van der Waals surface area contributed by atoms with Gasteiger partial charge in [0.05, 0.1) is 12.6 Å². The van der Waals surface area contributed by atoms with Gasteiger partial charge in [0.15, 0.2) is 0 Å². The van der Waals surface area contributed by atoms with E-state index in [1.165, 1.54) is 6.07 Å². The molecule has 2 N–H and O–H groups in total. The average Bonchev–Trinajstić information content (AvgIpc) is 2.78. The number of nitrogens with zero attached hydrogens (tertiary/aromatic N) is 2. The molecule has 0 bridgehead atoms. The number of anilines is 1. The summed E-state index contributed by atoms with van der Waals surface area (Å²) >= 11 is 0. The maximum absolute atomic E-state index is 13.3. The molecule has 168 valence electrons. The summed E-state index contributed by atoms with van der Waals surface area (Å²) in [4.78, 5) is 20.0. The number of halogens is 3. The predicted molar refractivity (Wildman–Crippen MR) is 115 cm³/mol. The number of amides is 1. The van der Waals surface area contributed by atoms with Crippen LogP contribution in [0, 0.1) is 0 Å². The van der Waals surface area contributed by atoms with E-state index in [0.29, 0.717) is 23.1 Å². The zero-order valence-corrected chi connectivity index (χ0v) is 17.4. The second-order valence-corrected chi connectivity index (χ2v) is 7.82. The lowest BCUT2D eigenvalue weighted by atomic mass is 9.90. The third-order valence-electron chi connectivity index (χ3n) is 5.56. The number of hydrogen-bond acceptors (Lipinski definition) is 5. The highest BCUT2D eigenvalue weighted by Crippen LogP contribution is 2.31. The standard InChI is InChI=1S/C23H23F3N4O2/c1-32-17-11-9-14(10-12-17)21(31)28-16-6-4-5-15(13-16)27-20-18-7-2-3-8-19(18)29-22(30-20)23(24,25)26/h2-3,7-12,15-16H,4-6,13H2,1H3,(H,28,31)(H,27,29,30)/t15-,16+/m0/s1. The number of carbonyl (C=O) groups is 1. The van der Waals surface area contributed by atoms with Gasteiger partial charge >= 0.3 is 6.18 Å². The first-order valence-corrected chi connectivity index (χ1v) is 10.4. The van der Waals surface area contributed by atoms with E-state index in [1.807, 2.05) is 0 Å². The minimum absolute atomic E-state index is 0.0916. The minimum atomic E-state index is -4.64. The summed E-state index contributed by atoms with van der Waals surface area (Å²) < 4.78 is 45.0. The van der Waals surface area contributed by atoms with Crippen molar-refractivity contribution in [3.8, 4) is 5.75 Å². The van der Waals surface area contributed by atoms with E-state index in [-0.39, 0.29) is 29.3 Å². The van der Waals surface area contributed by atoms with Gasteiger partial charge in [-0.05, 0) is 62.1 Å². The maximum atomic E-state index is 13.3. The molecule has 1 heterocycles. The third-order valence-corrected chi connectivity index (χ3v) is 5.56. The second-order valence-electron chi connectivity index (χ2n) is 7.82. The Bertz CT molecular complexity index is 1100. The van der Waals surface area contributed by atoms with E-state index >= 15 is 0 Å². The van der Waals surface area contributed by atoms with Crippen molar-refractivity contribution in [2.24, 2.45) is 0 Å².